The van der Waals surface area contributed by atoms with Crippen LogP contribution in [-0.2, 0) is 28.6 Å². The van der Waals surface area contributed by atoms with Crippen LogP contribution < -0.4 is 0 Å². The summed E-state index contributed by atoms with van der Waals surface area (Å²) in [5.74, 6) is 0.778. The normalized spacial score (nSPS) is 12.0. The highest BCUT2D eigenvalue weighted by Crippen LogP contribution is 2.18. The van der Waals surface area contributed by atoms with Crippen molar-refractivity contribution in [2.24, 2.45) is 11.8 Å². The Morgan fingerprint density at radius 2 is 0.541 bits per heavy atom. The van der Waals surface area contributed by atoms with Gasteiger partial charge in [0, 0.05) is 19.3 Å². The van der Waals surface area contributed by atoms with Crippen LogP contribution >= 0.6 is 0 Å². The highest BCUT2D eigenvalue weighted by Gasteiger charge is 2.19. The number of hydrogen-bond donors (Lipinski definition) is 0. The van der Waals surface area contributed by atoms with Gasteiger partial charge in [-0.2, -0.15) is 0 Å². The van der Waals surface area contributed by atoms with E-state index in [1.54, 1.807) is 0 Å². The average molecular weight is 863 g/mol. The van der Waals surface area contributed by atoms with E-state index in [9.17, 15) is 14.4 Å². The van der Waals surface area contributed by atoms with Crippen LogP contribution in [0.25, 0.3) is 0 Å². The van der Waals surface area contributed by atoms with Gasteiger partial charge in [-0.25, -0.2) is 0 Å². The van der Waals surface area contributed by atoms with E-state index in [1.807, 2.05) is 0 Å². The minimum atomic E-state index is -0.762. The van der Waals surface area contributed by atoms with Crippen molar-refractivity contribution in [1.29, 1.82) is 0 Å². The van der Waals surface area contributed by atoms with Crippen LogP contribution in [0.4, 0.5) is 0 Å². The molecule has 0 amide bonds. The Kier molecular flexibility index (Phi) is 46.6. The van der Waals surface area contributed by atoms with Gasteiger partial charge in [-0.15, -0.1) is 0 Å². The summed E-state index contributed by atoms with van der Waals surface area (Å²) in [4.78, 5) is 38.0. The van der Waals surface area contributed by atoms with Gasteiger partial charge in [0.05, 0.1) is 0 Å². The molecule has 0 N–H and O–H groups in total. The number of carbonyl (C=O) groups is 3. The van der Waals surface area contributed by atoms with E-state index in [-0.39, 0.29) is 31.1 Å². The standard InChI is InChI=1S/C55H106O6/c1-6-7-8-9-10-11-12-13-14-15-19-22-25-30-35-40-45-53(56)59-48-52(49-60-54(57)46-41-36-32-27-29-34-39-44-51(4)5)61-55(58)47-42-37-31-26-23-20-17-16-18-21-24-28-33-38-43-50(2)3/h50-52H,6-49H2,1-5H3/t52-/m1/s1. The summed E-state index contributed by atoms with van der Waals surface area (Å²) in [7, 11) is 0. The summed E-state index contributed by atoms with van der Waals surface area (Å²) in [5.41, 5.74) is 0. The van der Waals surface area contributed by atoms with Crippen LogP contribution in [0.3, 0.4) is 0 Å². The summed E-state index contributed by atoms with van der Waals surface area (Å²) >= 11 is 0. The van der Waals surface area contributed by atoms with Gasteiger partial charge in [0.1, 0.15) is 13.2 Å². The summed E-state index contributed by atoms with van der Waals surface area (Å²) < 4.78 is 16.8. The van der Waals surface area contributed by atoms with Gasteiger partial charge in [-0.1, -0.05) is 266 Å². The first-order chi connectivity index (χ1) is 29.7. The van der Waals surface area contributed by atoms with Gasteiger partial charge in [0.25, 0.3) is 0 Å². The maximum absolute atomic E-state index is 12.8. The third-order valence-electron chi connectivity index (χ3n) is 12.5. The van der Waals surface area contributed by atoms with Crippen LogP contribution in [0.15, 0.2) is 0 Å². The van der Waals surface area contributed by atoms with Crippen molar-refractivity contribution in [2.45, 2.75) is 310 Å². The zero-order valence-corrected chi connectivity index (χ0v) is 41.8. The molecule has 0 aromatic carbocycles. The van der Waals surface area contributed by atoms with Gasteiger partial charge in [-0.3, -0.25) is 14.4 Å². The lowest BCUT2D eigenvalue weighted by Gasteiger charge is -2.18. The van der Waals surface area contributed by atoms with Gasteiger partial charge in [0.2, 0.25) is 0 Å². The molecule has 0 rings (SSSR count). The Balaban J connectivity index is 4.27. The molecule has 6 heteroatoms. The third-order valence-corrected chi connectivity index (χ3v) is 12.5. The highest BCUT2D eigenvalue weighted by atomic mass is 16.6. The zero-order valence-electron chi connectivity index (χ0n) is 41.8. The molecule has 6 nitrogen and oxygen atoms in total. The highest BCUT2D eigenvalue weighted by molar-refractivity contribution is 5.71. The Morgan fingerprint density at radius 3 is 0.803 bits per heavy atom. The fraction of sp³-hybridized carbons (Fsp3) is 0.945. The second-order valence-corrected chi connectivity index (χ2v) is 19.8. The average Bonchev–Trinajstić information content (AvgIpc) is 3.23. The van der Waals surface area contributed by atoms with Gasteiger partial charge in [0.15, 0.2) is 6.10 Å². The molecule has 0 spiro atoms. The topological polar surface area (TPSA) is 78.9 Å². The SMILES string of the molecule is CCCCCCCCCCCCCCCCCCC(=O)OC[C@H](COC(=O)CCCCCCCCCC(C)C)OC(=O)CCCCCCCCCCCCCCCCC(C)C. The molecule has 362 valence electrons. The minimum absolute atomic E-state index is 0.0637. The number of carbonyl (C=O) groups excluding carboxylic acids is 3. The van der Waals surface area contributed by atoms with Gasteiger partial charge in [-0.05, 0) is 31.1 Å². The van der Waals surface area contributed by atoms with Crippen molar-refractivity contribution in [3.8, 4) is 0 Å². The predicted octanol–water partition coefficient (Wildman–Crippen LogP) is 17.7. The molecule has 61 heavy (non-hydrogen) atoms. The monoisotopic (exact) mass is 863 g/mol. The molecule has 0 aliphatic rings. The summed E-state index contributed by atoms with van der Waals surface area (Å²) in [6.45, 7) is 11.4. The number of unbranched alkanes of at least 4 members (excludes halogenated alkanes) is 34. The molecule has 0 aromatic rings. The summed E-state index contributed by atoms with van der Waals surface area (Å²) in [6, 6.07) is 0. The Bertz CT molecular complexity index is 931. The Labute approximate surface area is 380 Å². The molecule has 0 unspecified atom stereocenters. The molecule has 0 bridgehead atoms. The summed E-state index contributed by atoms with van der Waals surface area (Å²) in [5, 5.41) is 0. The Hall–Kier alpha value is -1.59. The molecular weight excluding hydrogens is 757 g/mol. The van der Waals surface area contributed by atoms with E-state index in [4.69, 9.17) is 14.2 Å². The number of hydrogen-bond acceptors (Lipinski definition) is 6. The Morgan fingerprint density at radius 1 is 0.311 bits per heavy atom. The molecule has 0 heterocycles. The maximum Gasteiger partial charge on any atom is 0.306 e. The molecule has 0 radical (unpaired) electrons. The summed E-state index contributed by atoms with van der Waals surface area (Å²) in [6.07, 6.45) is 49.6. The zero-order chi connectivity index (χ0) is 44.7. The first-order valence-electron chi connectivity index (χ1n) is 27.2. The van der Waals surface area contributed by atoms with Crippen LogP contribution in [0.1, 0.15) is 304 Å². The lowest BCUT2D eigenvalue weighted by atomic mass is 10.0. The fourth-order valence-corrected chi connectivity index (χ4v) is 8.34. The van der Waals surface area contributed by atoms with Crippen LogP contribution in [0.5, 0.6) is 0 Å². The first-order valence-corrected chi connectivity index (χ1v) is 27.2. The minimum Gasteiger partial charge on any atom is -0.462 e. The van der Waals surface area contributed by atoms with E-state index >= 15 is 0 Å². The number of ether oxygens (including phenoxy) is 3. The second-order valence-electron chi connectivity index (χ2n) is 19.8. The fourth-order valence-electron chi connectivity index (χ4n) is 8.34. The van der Waals surface area contributed by atoms with E-state index in [2.05, 4.69) is 34.6 Å². The van der Waals surface area contributed by atoms with Crippen LogP contribution in [0, 0.1) is 11.8 Å². The molecule has 0 saturated heterocycles. The van der Waals surface area contributed by atoms with Crippen LogP contribution in [-0.4, -0.2) is 37.2 Å². The van der Waals surface area contributed by atoms with Crippen molar-refractivity contribution in [1.82, 2.24) is 0 Å². The molecule has 0 aliphatic carbocycles. The predicted molar refractivity (Wildman–Crippen MR) is 261 cm³/mol. The second kappa shape index (κ2) is 47.9. The van der Waals surface area contributed by atoms with Crippen molar-refractivity contribution in [2.75, 3.05) is 13.2 Å². The quantitative estimate of drug-likeness (QED) is 0.0344. The number of rotatable bonds is 49. The smallest absolute Gasteiger partial charge is 0.306 e. The largest absolute Gasteiger partial charge is 0.462 e. The van der Waals surface area contributed by atoms with Crippen LogP contribution in [0.2, 0.25) is 0 Å². The number of esters is 3. The van der Waals surface area contributed by atoms with Gasteiger partial charge < -0.3 is 14.2 Å². The van der Waals surface area contributed by atoms with Crippen molar-refractivity contribution in [3.63, 3.8) is 0 Å². The molecule has 1 atom stereocenters. The van der Waals surface area contributed by atoms with Crippen molar-refractivity contribution >= 4 is 17.9 Å². The van der Waals surface area contributed by atoms with E-state index in [1.165, 1.54) is 193 Å². The molecule has 0 saturated carbocycles. The maximum atomic E-state index is 12.8. The molecular formula is C55H106O6. The molecule has 0 aromatic heterocycles. The lowest BCUT2D eigenvalue weighted by Crippen LogP contribution is -2.30. The molecule has 0 fully saturated rings. The van der Waals surface area contributed by atoms with Crippen molar-refractivity contribution in [3.05, 3.63) is 0 Å². The molecule has 0 aliphatic heterocycles. The van der Waals surface area contributed by atoms with E-state index in [0.717, 1.165) is 69.6 Å². The van der Waals surface area contributed by atoms with Crippen molar-refractivity contribution < 1.29 is 28.6 Å². The lowest BCUT2D eigenvalue weighted by molar-refractivity contribution is -0.167. The first kappa shape index (κ1) is 59.4. The van der Waals surface area contributed by atoms with Gasteiger partial charge >= 0.3 is 17.9 Å². The van der Waals surface area contributed by atoms with E-state index < -0.39 is 6.10 Å². The van der Waals surface area contributed by atoms with E-state index in [0.29, 0.717) is 19.3 Å². The third kappa shape index (κ3) is 49.3.